The normalized spacial score (nSPS) is 14.5. The maximum absolute atomic E-state index is 13.2. The Labute approximate surface area is 191 Å². The Morgan fingerprint density at radius 3 is 2.79 bits per heavy atom. The van der Waals surface area contributed by atoms with Crippen LogP contribution in [0, 0.1) is 0 Å². The molecule has 170 valence electrons. The van der Waals surface area contributed by atoms with Gasteiger partial charge in [-0.3, -0.25) is 4.68 Å². The van der Waals surface area contributed by atoms with E-state index < -0.39 is 5.83 Å². The van der Waals surface area contributed by atoms with E-state index in [9.17, 15) is 4.39 Å². The van der Waals surface area contributed by atoms with Crippen molar-refractivity contribution in [1.82, 2.24) is 25.2 Å². The summed E-state index contributed by atoms with van der Waals surface area (Å²) in [6, 6.07) is 7.91. The van der Waals surface area contributed by atoms with Crippen LogP contribution in [-0.4, -0.2) is 33.0 Å². The van der Waals surface area contributed by atoms with E-state index in [4.69, 9.17) is 9.26 Å². The van der Waals surface area contributed by atoms with Gasteiger partial charge in [-0.25, -0.2) is 4.39 Å². The molecule has 0 radical (unpaired) electrons. The van der Waals surface area contributed by atoms with Crippen LogP contribution in [0.4, 0.5) is 10.1 Å². The standard InChI is InChI=1S/C24H25FN6O2/c1-5-19(25)9-6-16(2)32-15-22-21(14-27-30(22)4)24-28-23(29-33-24)18-7-10-20(11-8-18)31-13-12-26-17(31)3/h5-11,14,26H,1,3,12-13,15H2,2,4H3/b16-6+,19-9+. The number of anilines is 1. The van der Waals surface area contributed by atoms with E-state index in [1.54, 1.807) is 24.9 Å². The topological polar surface area (TPSA) is 81.2 Å². The van der Waals surface area contributed by atoms with Gasteiger partial charge in [0.15, 0.2) is 0 Å². The van der Waals surface area contributed by atoms with Crippen LogP contribution in [0.3, 0.4) is 0 Å². The number of hydrogen-bond donors (Lipinski definition) is 1. The third-order valence-electron chi connectivity index (χ3n) is 5.25. The summed E-state index contributed by atoms with van der Waals surface area (Å²) in [5.74, 6) is 1.82. The Bertz CT molecular complexity index is 1220. The number of benzene rings is 1. The van der Waals surface area contributed by atoms with Crippen molar-refractivity contribution in [2.45, 2.75) is 13.5 Å². The first-order valence-corrected chi connectivity index (χ1v) is 10.4. The molecular weight excluding hydrogens is 423 g/mol. The first-order chi connectivity index (χ1) is 16.0. The van der Waals surface area contributed by atoms with Gasteiger partial charge in [-0.2, -0.15) is 10.1 Å². The lowest BCUT2D eigenvalue weighted by Crippen LogP contribution is -2.17. The summed E-state index contributed by atoms with van der Waals surface area (Å²) in [5, 5.41) is 11.6. The molecule has 2 aromatic heterocycles. The molecule has 0 atom stereocenters. The fourth-order valence-corrected chi connectivity index (χ4v) is 3.38. The van der Waals surface area contributed by atoms with Crippen molar-refractivity contribution in [3.63, 3.8) is 0 Å². The predicted molar refractivity (Wildman–Crippen MR) is 124 cm³/mol. The van der Waals surface area contributed by atoms with Crippen LogP contribution in [0.2, 0.25) is 0 Å². The van der Waals surface area contributed by atoms with Crippen molar-refractivity contribution in [3.8, 4) is 22.8 Å². The van der Waals surface area contributed by atoms with Crippen LogP contribution in [-0.2, 0) is 18.4 Å². The Balaban J connectivity index is 1.50. The Morgan fingerprint density at radius 1 is 1.30 bits per heavy atom. The van der Waals surface area contributed by atoms with E-state index in [2.05, 4.69) is 38.6 Å². The molecule has 8 nitrogen and oxygen atoms in total. The molecule has 1 fully saturated rings. The highest BCUT2D eigenvalue weighted by atomic mass is 19.1. The van der Waals surface area contributed by atoms with Crippen molar-refractivity contribution >= 4 is 5.69 Å². The smallest absolute Gasteiger partial charge is 0.261 e. The van der Waals surface area contributed by atoms with Gasteiger partial charge in [-0.1, -0.05) is 18.3 Å². The number of hydrogen-bond acceptors (Lipinski definition) is 7. The molecule has 1 N–H and O–H groups in total. The van der Waals surface area contributed by atoms with Crippen molar-refractivity contribution in [3.05, 3.63) is 84.9 Å². The van der Waals surface area contributed by atoms with E-state index in [1.165, 1.54) is 12.2 Å². The predicted octanol–water partition coefficient (Wildman–Crippen LogP) is 4.48. The zero-order valence-electron chi connectivity index (χ0n) is 18.6. The molecule has 4 rings (SSSR count). The summed E-state index contributed by atoms with van der Waals surface area (Å²) < 4.78 is 26.1. The number of aromatic nitrogens is 4. The van der Waals surface area contributed by atoms with Crippen molar-refractivity contribution < 1.29 is 13.7 Å². The van der Waals surface area contributed by atoms with Crippen LogP contribution in [0.25, 0.3) is 22.8 Å². The first-order valence-electron chi connectivity index (χ1n) is 10.4. The quantitative estimate of drug-likeness (QED) is 0.402. The molecule has 1 saturated heterocycles. The van der Waals surface area contributed by atoms with Crippen LogP contribution in [0.15, 0.2) is 83.8 Å². The average molecular weight is 449 g/mol. The minimum atomic E-state index is -0.437. The summed E-state index contributed by atoms with van der Waals surface area (Å²) in [4.78, 5) is 6.67. The van der Waals surface area contributed by atoms with Gasteiger partial charge in [0.2, 0.25) is 5.82 Å². The maximum Gasteiger partial charge on any atom is 0.261 e. The summed E-state index contributed by atoms with van der Waals surface area (Å²) in [5.41, 5.74) is 3.31. The Morgan fingerprint density at radius 2 is 2.09 bits per heavy atom. The lowest BCUT2D eigenvalue weighted by atomic mass is 10.2. The van der Waals surface area contributed by atoms with E-state index >= 15 is 0 Å². The molecule has 0 aliphatic carbocycles. The molecule has 1 aliphatic heterocycles. The number of nitrogens with one attached hydrogen (secondary N) is 1. The molecule has 3 aromatic rings. The number of rotatable bonds is 8. The van der Waals surface area contributed by atoms with Crippen LogP contribution in [0.1, 0.15) is 12.6 Å². The Hall–Kier alpha value is -4.14. The van der Waals surface area contributed by atoms with E-state index in [0.29, 0.717) is 23.0 Å². The molecule has 1 aromatic carbocycles. The van der Waals surface area contributed by atoms with Gasteiger partial charge in [0.1, 0.15) is 12.4 Å². The molecule has 9 heteroatoms. The minimum Gasteiger partial charge on any atom is -0.492 e. The zero-order chi connectivity index (χ0) is 23.4. The fourth-order valence-electron chi connectivity index (χ4n) is 3.38. The number of aryl methyl sites for hydroxylation is 1. The molecule has 3 heterocycles. The van der Waals surface area contributed by atoms with Gasteiger partial charge in [0.25, 0.3) is 5.89 Å². The largest absolute Gasteiger partial charge is 0.492 e. The second-order valence-corrected chi connectivity index (χ2v) is 7.45. The first kappa shape index (κ1) is 22.1. The highest BCUT2D eigenvalue weighted by molar-refractivity contribution is 5.64. The molecule has 0 unspecified atom stereocenters. The van der Waals surface area contributed by atoms with Crippen LogP contribution >= 0.6 is 0 Å². The Kier molecular flexibility index (Phi) is 6.39. The molecular formula is C24H25FN6O2. The van der Waals surface area contributed by atoms with Gasteiger partial charge < -0.3 is 19.5 Å². The van der Waals surface area contributed by atoms with Gasteiger partial charge in [0, 0.05) is 31.4 Å². The second-order valence-electron chi connectivity index (χ2n) is 7.45. The molecule has 33 heavy (non-hydrogen) atoms. The molecule has 1 aliphatic rings. The van der Waals surface area contributed by atoms with Crippen molar-refractivity contribution in [1.29, 1.82) is 0 Å². The minimum absolute atomic E-state index is 0.206. The van der Waals surface area contributed by atoms with Gasteiger partial charge in [0.05, 0.1) is 29.0 Å². The fraction of sp³-hybridized carbons (Fsp3) is 0.208. The highest BCUT2D eigenvalue weighted by Gasteiger charge is 2.19. The molecule has 0 saturated carbocycles. The summed E-state index contributed by atoms with van der Waals surface area (Å²) >= 11 is 0. The van der Waals surface area contributed by atoms with E-state index in [-0.39, 0.29) is 6.61 Å². The highest BCUT2D eigenvalue weighted by Crippen LogP contribution is 2.28. The number of ether oxygens (including phenoxy) is 1. The SMILES string of the molecule is C=C/C(F)=C\C=C(/C)OCc1c(-c2nc(-c3ccc(N4CCNC4=C)cc3)no2)cnn1C. The number of nitrogens with zero attached hydrogens (tertiary/aromatic N) is 5. The number of allylic oxidation sites excluding steroid dienone is 5. The van der Waals surface area contributed by atoms with E-state index in [0.717, 1.165) is 41.9 Å². The van der Waals surface area contributed by atoms with E-state index in [1.807, 2.05) is 24.3 Å². The summed E-state index contributed by atoms with van der Waals surface area (Å²) in [6.45, 7) is 11.1. The lowest BCUT2D eigenvalue weighted by Gasteiger charge is -2.17. The third-order valence-corrected chi connectivity index (χ3v) is 5.25. The van der Waals surface area contributed by atoms with Crippen molar-refractivity contribution in [2.75, 3.05) is 18.0 Å². The third kappa shape index (κ3) is 4.87. The average Bonchev–Trinajstić information content (AvgIpc) is 3.56. The summed E-state index contributed by atoms with van der Waals surface area (Å²) in [6.07, 6.45) is 5.61. The molecule has 0 bridgehead atoms. The van der Waals surface area contributed by atoms with Gasteiger partial charge in [-0.05, 0) is 49.4 Å². The lowest BCUT2D eigenvalue weighted by molar-refractivity contribution is 0.193. The van der Waals surface area contributed by atoms with Gasteiger partial charge >= 0.3 is 0 Å². The molecule has 0 amide bonds. The van der Waals surface area contributed by atoms with Crippen LogP contribution in [0.5, 0.6) is 0 Å². The zero-order valence-corrected chi connectivity index (χ0v) is 18.6. The second kappa shape index (κ2) is 9.56. The van der Waals surface area contributed by atoms with Crippen molar-refractivity contribution in [2.24, 2.45) is 7.05 Å². The molecule has 0 spiro atoms. The summed E-state index contributed by atoms with van der Waals surface area (Å²) in [7, 11) is 1.80. The van der Waals surface area contributed by atoms with Gasteiger partial charge in [-0.15, -0.1) is 0 Å². The maximum atomic E-state index is 13.2. The monoisotopic (exact) mass is 448 g/mol. The number of halogens is 1. The van der Waals surface area contributed by atoms with Crippen LogP contribution < -0.4 is 10.2 Å².